The second kappa shape index (κ2) is 18.8. The van der Waals surface area contributed by atoms with Crippen molar-refractivity contribution in [1.82, 2.24) is 0 Å². The second-order valence-corrected chi connectivity index (χ2v) is 22.5. The van der Waals surface area contributed by atoms with Gasteiger partial charge in [0.05, 0.1) is 49.7 Å². The van der Waals surface area contributed by atoms with Crippen LogP contribution in [0.1, 0.15) is 86.5 Å². The van der Waals surface area contributed by atoms with E-state index in [9.17, 15) is 71.2 Å². The van der Waals surface area contributed by atoms with Crippen LogP contribution in [0.15, 0.2) is 11.6 Å². The van der Waals surface area contributed by atoms with Gasteiger partial charge in [-0.2, -0.15) is 0 Å². The lowest BCUT2D eigenvalue weighted by molar-refractivity contribution is -0.361. The molecule has 5 aliphatic carbocycles. The molecule has 0 radical (unpaired) electrons. The van der Waals surface area contributed by atoms with Gasteiger partial charge in [0.2, 0.25) is 6.29 Å². The fourth-order valence-corrected chi connectivity index (χ4v) is 15.1. The van der Waals surface area contributed by atoms with Crippen LogP contribution >= 0.6 is 0 Å². The van der Waals surface area contributed by atoms with Crippen molar-refractivity contribution in [3.8, 4) is 0 Å². The highest BCUT2D eigenvalue weighted by Crippen LogP contribution is 2.72. The fourth-order valence-electron chi connectivity index (χ4n) is 15.1. The normalized spacial score (nSPS) is 56.7. The first-order chi connectivity index (χ1) is 31.4. The van der Waals surface area contributed by atoms with E-state index in [1.54, 1.807) is 6.92 Å². The number of hydrogen-bond acceptors (Lipinski definition) is 20. The summed E-state index contributed by atoms with van der Waals surface area (Å²) >= 11 is 0. The van der Waals surface area contributed by atoms with Gasteiger partial charge < -0.3 is 94.8 Å². The Balaban J connectivity index is 0.979. The molecule has 67 heavy (non-hydrogen) atoms. The van der Waals surface area contributed by atoms with E-state index in [0.29, 0.717) is 38.5 Å². The van der Waals surface area contributed by atoms with E-state index in [2.05, 4.69) is 33.8 Å². The molecule has 28 atom stereocenters. The van der Waals surface area contributed by atoms with Crippen molar-refractivity contribution in [2.75, 3.05) is 19.8 Å². The lowest BCUT2D eigenvalue weighted by Crippen LogP contribution is -2.70. The van der Waals surface area contributed by atoms with E-state index in [1.165, 1.54) is 6.92 Å². The minimum atomic E-state index is -1.88. The fraction of sp³-hybridized carbons (Fsp3) is 0.936. The van der Waals surface area contributed by atoms with Crippen molar-refractivity contribution < 1.29 is 99.6 Å². The summed E-state index contributed by atoms with van der Waals surface area (Å²) in [5, 5.41) is 141. The van der Waals surface area contributed by atoms with Gasteiger partial charge >= 0.3 is 5.97 Å². The predicted molar refractivity (Wildman–Crippen MR) is 228 cm³/mol. The first-order valence-corrected chi connectivity index (χ1v) is 24.3. The molecule has 0 amide bonds. The first-order valence-electron chi connectivity index (χ1n) is 24.3. The van der Waals surface area contributed by atoms with E-state index in [0.717, 1.165) is 5.57 Å². The zero-order valence-corrected chi connectivity index (χ0v) is 39.2. The number of carbonyl (C=O) groups excluding carboxylic acids is 1. The molecule has 0 bridgehead atoms. The van der Waals surface area contributed by atoms with Crippen molar-refractivity contribution in [3.63, 3.8) is 0 Å². The summed E-state index contributed by atoms with van der Waals surface area (Å²) in [5.41, 5.74) is -2.17. The largest absolute Gasteiger partial charge is 0.432 e. The number of hydrogen-bond donors (Lipinski definition) is 13. The standard InChI is InChI=1S/C47H76O20/c1-18-9-11-47(12-10-22-21(28(47)19(18)2)7-8-27-44(22,4)13-23(50)38-45(27,5)14-24(51)39(60)46(38,6)17-49)43(61)67-42-35(58)32(55)30(53)26(65-42)16-62-40-36(59)33(56)37(25(15-48)64-40)66-41-34(57)31(54)29(52)20(3)63-41/h7,18-20,22-42,48-60H,8-17H2,1-6H3/t18?,19-,20-,22?,23?,24?,25+,26+,27?,28?,29-,30+,31+,32-,33+,34+,35+,36+,37+,38?,39-,40+,41-,42-,44-,45+,46-,47-/m0/s1. The average Bonchev–Trinajstić information content (AvgIpc) is 3.28. The van der Waals surface area contributed by atoms with Crippen LogP contribution in [0.4, 0.5) is 0 Å². The number of ether oxygens (including phenoxy) is 6. The third kappa shape index (κ3) is 8.18. The molecule has 3 heterocycles. The summed E-state index contributed by atoms with van der Waals surface area (Å²) in [6.45, 7) is 9.90. The summed E-state index contributed by atoms with van der Waals surface area (Å²) in [6.07, 6.45) is -22.0. The monoisotopic (exact) mass is 960 g/mol. The Morgan fingerprint density at radius 3 is 1.99 bits per heavy atom. The Hall–Kier alpha value is -1.51. The number of fused-ring (bicyclic) bond motifs is 7. The van der Waals surface area contributed by atoms with Crippen molar-refractivity contribution in [1.29, 1.82) is 0 Å². The number of rotatable bonds is 9. The minimum absolute atomic E-state index is 0.00997. The van der Waals surface area contributed by atoms with Crippen LogP contribution in [0.5, 0.6) is 0 Å². The number of carbonyl (C=O) groups is 1. The molecule has 3 aliphatic heterocycles. The van der Waals surface area contributed by atoms with Gasteiger partial charge in [-0.05, 0) is 92.3 Å². The van der Waals surface area contributed by atoms with Gasteiger partial charge in [-0.15, -0.1) is 0 Å². The predicted octanol–water partition coefficient (Wildman–Crippen LogP) is -2.45. The van der Waals surface area contributed by atoms with Crippen molar-refractivity contribution in [2.45, 2.75) is 197 Å². The second-order valence-electron chi connectivity index (χ2n) is 22.5. The molecular weight excluding hydrogens is 884 g/mol. The molecule has 0 aromatic rings. The molecule has 384 valence electrons. The summed E-state index contributed by atoms with van der Waals surface area (Å²) in [6, 6.07) is 0. The SMILES string of the molecule is CC1CC[C@]2(C(=O)O[C@@H]3O[C@H](CO[C@@H]4O[C@H](CO)[C@@H](O[C@@H]5O[C@@H](C)[C@H](O)[C@@H](O)[C@H]5O)[C@H](O)[C@H]4O)[C@@H](O)[C@H](O)[C@H]3O)CCC3C(=CCC4[C@@]3(C)CC(O)C3[C@]4(C)CC(O)[C@H](O)[C@@]3(C)CO)C2[C@H]1C. The van der Waals surface area contributed by atoms with Crippen LogP contribution in [0, 0.1) is 57.2 Å². The lowest BCUT2D eigenvalue weighted by Gasteiger charge is -2.69. The van der Waals surface area contributed by atoms with Crippen LogP contribution in [-0.4, -0.2) is 203 Å². The van der Waals surface area contributed by atoms with E-state index < -0.39 is 164 Å². The average molecular weight is 961 g/mol. The maximum atomic E-state index is 14.9. The highest BCUT2D eigenvalue weighted by molar-refractivity contribution is 5.79. The summed E-state index contributed by atoms with van der Waals surface area (Å²) in [4.78, 5) is 14.9. The lowest BCUT2D eigenvalue weighted by atomic mass is 9.36. The molecule has 7 unspecified atom stereocenters. The van der Waals surface area contributed by atoms with Gasteiger partial charge in [-0.25, -0.2) is 0 Å². The van der Waals surface area contributed by atoms with Crippen molar-refractivity contribution >= 4 is 5.97 Å². The highest BCUT2D eigenvalue weighted by atomic mass is 16.8. The van der Waals surface area contributed by atoms with Gasteiger partial charge in [-0.3, -0.25) is 4.79 Å². The van der Waals surface area contributed by atoms with E-state index in [1.807, 2.05) is 0 Å². The van der Waals surface area contributed by atoms with Crippen LogP contribution in [0.3, 0.4) is 0 Å². The summed E-state index contributed by atoms with van der Waals surface area (Å²) in [7, 11) is 0. The summed E-state index contributed by atoms with van der Waals surface area (Å²) in [5.74, 6) is -1.23. The Labute approximate surface area is 390 Å². The van der Waals surface area contributed by atoms with E-state index >= 15 is 0 Å². The molecule has 4 saturated carbocycles. The van der Waals surface area contributed by atoms with Gasteiger partial charge in [-0.1, -0.05) is 46.3 Å². The number of esters is 1. The zero-order valence-electron chi connectivity index (χ0n) is 39.2. The van der Waals surface area contributed by atoms with E-state index in [4.69, 9.17) is 28.4 Å². The third-order valence-electron chi connectivity index (χ3n) is 18.8. The number of aliphatic hydroxyl groups excluding tert-OH is 13. The van der Waals surface area contributed by atoms with Gasteiger partial charge in [0.15, 0.2) is 12.6 Å². The Bertz CT molecular complexity index is 1810. The maximum absolute atomic E-state index is 14.9. The van der Waals surface area contributed by atoms with Crippen LogP contribution in [-0.2, 0) is 33.2 Å². The molecule has 7 fully saturated rings. The molecule has 0 aromatic heterocycles. The number of allylic oxidation sites excluding steroid dienone is 2. The van der Waals surface area contributed by atoms with Crippen molar-refractivity contribution in [3.05, 3.63) is 11.6 Å². The Morgan fingerprint density at radius 1 is 0.701 bits per heavy atom. The molecule has 20 nitrogen and oxygen atoms in total. The molecule has 0 aromatic carbocycles. The Kier molecular flexibility index (Phi) is 14.6. The molecular formula is C47H76O20. The van der Waals surface area contributed by atoms with Gasteiger partial charge in [0.25, 0.3) is 0 Å². The number of aliphatic hydroxyl groups is 13. The molecule has 8 aliphatic rings. The Morgan fingerprint density at radius 2 is 1.31 bits per heavy atom. The molecule has 0 spiro atoms. The third-order valence-corrected chi connectivity index (χ3v) is 18.8. The van der Waals surface area contributed by atoms with Gasteiger partial charge in [0.1, 0.15) is 67.1 Å². The summed E-state index contributed by atoms with van der Waals surface area (Å²) < 4.78 is 34.6. The van der Waals surface area contributed by atoms with Crippen LogP contribution in [0.25, 0.3) is 0 Å². The topological polar surface area (TPSA) is 335 Å². The van der Waals surface area contributed by atoms with Crippen molar-refractivity contribution in [2.24, 2.45) is 57.2 Å². The van der Waals surface area contributed by atoms with Crippen LogP contribution in [0.2, 0.25) is 0 Å². The van der Waals surface area contributed by atoms with Crippen LogP contribution < -0.4 is 0 Å². The molecule has 13 N–H and O–H groups in total. The molecule has 8 rings (SSSR count). The molecule has 20 heteroatoms. The molecule has 3 saturated heterocycles. The zero-order chi connectivity index (χ0) is 49.0. The minimum Gasteiger partial charge on any atom is -0.432 e. The quantitative estimate of drug-likeness (QED) is 0.0843. The first kappa shape index (κ1) is 51.8. The highest BCUT2D eigenvalue weighted by Gasteiger charge is 2.70. The van der Waals surface area contributed by atoms with Gasteiger partial charge in [0, 0.05) is 11.3 Å². The smallest absolute Gasteiger partial charge is 0.315 e. The maximum Gasteiger partial charge on any atom is 0.315 e. The van der Waals surface area contributed by atoms with E-state index in [-0.39, 0.29) is 36.0 Å².